The number of hydrogen-bond donors (Lipinski definition) is 1. The number of anilines is 1. The van der Waals surface area contributed by atoms with Crippen LogP contribution in [0.3, 0.4) is 0 Å². The minimum Gasteiger partial charge on any atom is -0.322 e. The molecule has 3 aromatic carbocycles. The van der Waals surface area contributed by atoms with Crippen molar-refractivity contribution in [2.24, 2.45) is 0 Å². The minimum atomic E-state index is -0.172. The van der Waals surface area contributed by atoms with Crippen LogP contribution in [-0.2, 0) is 0 Å². The quantitative estimate of drug-likeness (QED) is 0.676. The summed E-state index contributed by atoms with van der Waals surface area (Å²) in [6, 6.07) is 22.7. The van der Waals surface area contributed by atoms with Gasteiger partial charge < -0.3 is 5.32 Å². The van der Waals surface area contributed by atoms with E-state index in [1.807, 2.05) is 67.6 Å². The van der Waals surface area contributed by atoms with Gasteiger partial charge in [0.05, 0.1) is 0 Å². The molecule has 3 aromatic rings. The predicted molar refractivity (Wildman–Crippen MR) is 101 cm³/mol. The largest absolute Gasteiger partial charge is 0.322 e. The molecule has 0 fully saturated rings. The number of hydrogen-bond acceptors (Lipinski definition) is 2. The highest BCUT2D eigenvalue weighted by atomic mass is 16.1. The molecule has 0 saturated heterocycles. The summed E-state index contributed by atoms with van der Waals surface area (Å²) in [4.78, 5) is 24.3. The third-order valence-electron chi connectivity index (χ3n) is 4.12. The fourth-order valence-corrected chi connectivity index (χ4v) is 2.89. The van der Waals surface area contributed by atoms with Crippen molar-refractivity contribution in [3.05, 3.63) is 89.5 Å². The summed E-state index contributed by atoms with van der Waals surface area (Å²) in [6.45, 7) is 3.40. The molecule has 0 radical (unpaired) electrons. The molecule has 0 saturated carbocycles. The van der Waals surface area contributed by atoms with Gasteiger partial charge in [0.25, 0.3) is 5.91 Å². The van der Waals surface area contributed by atoms with Crippen molar-refractivity contribution < 1.29 is 9.59 Å². The first-order valence-electron chi connectivity index (χ1n) is 8.13. The topological polar surface area (TPSA) is 46.2 Å². The van der Waals surface area contributed by atoms with E-state index in [4.69, 9.17) is 0 Å². The van der Waals surface area contributed by atoms with Gasteiger partial charge in [-0.05, 0) is 54.8 Å². The number of aryl methyl sites for hydroxylation is 1. The lowest BCUT2D eigenvalue weighted by Crippen LogP contribution is -2.13. The lowest BCUT2D eigenvalue weighted by atomic mass is 9.99. The molecule has 0 spiro atoms. The van der Waals surface area contributed by atoms with Gasteiger partial charge >= 0.3 is 0 Å². The van der Waals surface area contributed by atoms with Crippen LogP contribution in [0.25, 0.3) is 11.1 Å². The van der Waals surface area contributed by atoms with E-state index in [1.165, 1.54) is 6.92 Å². The van der Waals surface area contributed by atoms with E-state index in [0.29, 0.717) is 16.8 Å². The Bertz CT molecular complexity index is 930. The van der Waals surface area contributed by atoms with Crippen LogP contribution in [0.2, 0.25) is 0 Å². The fourth-order valence-electron chi connectivity index (χ4n) is 2.89. The third kappa shape index (κ3) is 3.66. The first kappa shape index (κ1) is 16.7. The number of rotatable bonds is 4. The van der Waals surface area contributed by atoms with E-state index in [2.05, 4.69) is 5.32 Å². The smallest absolute Gasteiger partial charge is 0.256 e. The van der Waals surface area contributed by atoms with Gasteiger partial charge in [-0.3, -0.25) is 9.59 Å². The van der Waals surface area contributed by atoms with Gasteiger partial charge in [0.1, 0.15) is 0 Å². The Morgan fingerprint density at radius 1 is 0.800 bits per heavy atom. The number of nitrogens with one attached hydrogen (secondary N) is 1. The maximum Gasteiger partial charge on any atom is 0.256 e. The molecular formula is C22H19NO2. The minimum absolute atomic E-state index is 0.0183. The van der Waals surface area contributed by atoms with Crippen LogP contribution >= 0.6 is 0 Å². The van der Waals surface area contributed by atoms with Gasteiger partial charge in [-0.25, -0.2) is 0 Å². The predicted octanol–water partition coefficient (Wildman–Crippen LogP) is 5.12. The monoisotopic (exact) mass is 329 g/mol. The van der Waals surface area contributed by atoms with Crippen LogP contribution < -0.4 is 5.32 Å². The molecule has 0 bridgehead atoms. The molecule has 1 N–H and O–H groups in total. The standard InChI is InChI=1S/C22H19NO2/c1-15-14-18(12-13-19(15)16(2)24)23-22(25)21-11-7-6-10-20(21)17-8-4-3-5-9-17/h3-14H,1-2H3,(H,23,25). The number of amides is 1. The van der Waals surface area contributed by atoms with Crippen molar-refractivity contribution in [1.82, 2.24) is 0 Å². The summed E-state index contributed by atoms with van der Waals surface area (Å²) < 4.78 is 0. The molecule has 1 amide bonds. The highest BCUT2D eigenvalue weighted by Gasteiger charge is 2.13. The molecule has 0 aliphatic rings. The van der Waals surface area contributed by atoms with Gasteiger partial charge in [-0.1, -0.05) is 48.5 Å². The third-order valence-corrected chi connectivity index (χ3v) is 4.12. The Balaban J connectivity index is 1.90. The molecule has 3 heteroatoms. The lowest BCUT2D eigenvalue weighted by molar-refractivity contribution is 0.101. The molecule has 3 nitrogen and oxygen atoms in total. The average Bonchev–Trinajstić information content (AvgIpc) is 2.62. The summed E-state index contributed by atoms with van der Waals surface area (Å²) in [5.74, 6) is -0.153. The van der Waals surface area contributed by atoms with Crippen molar-refractivity contribution in [3.63, 3.8) is 0 Å². The maximum absolute atomic E-state index is 12.8. The van der Waals surface area contributed by atoms with E-state index < -0.39 is 0 Å². The Kier molecular flexibility index (Phi) is 4.75. The van der Waals surface area contributed by atoms with Crippen LogP contribution in [0.1, 0.15) is 33.2 Å². The van der Waals surface area contributed by atoms with E-state index in [9.17, 15) is 9.59 Å². The zero-order valence-electron chi connectivity index (χ0n) is 14.2. The second-order valence-electron chi connectivity index (χ2n) is 5.95. The molecule has 0 atom stereocenters. The van der Waals surface area contributed by atoms with Crippen molar-refractivity contribution in [1.29, 1.82) is 0 Å². The van der Waals surface area contributed by atoms with Crippen LogP contribution in [0.15, 0.2) is 72.8 Å². The zero-order valence-corrected chi connectivity index (χ0v) is 14.2. The Labute approximate surface area is 147 Å². The molecule has 0 aliphatic carbocycles. The first-order valence-corrected chi connectivity index (χ1v) is 8.13. The maximum atomic E-state index is 12.8. The molecule has 25 heavy (non-hydrogen) atoms. The van der Waals surface area contributed by atoms with E-state index in [1.54, 1.807) is 12.1 Å². The molecular weight excluding hydrogens is 310 g/mol. The van der Waals surface area contributed by atoms with Crippen molar-refractivity contribution in [3.8, 4) is 11.1 Å². The van der Waals surface area contributed by atoms with Gasteiger partial charge in [0.2, 0.25) is 0 Å². The molecule has 3 rings (SSSR count). The summed E-state index contributed by atoms with van der Waals surface area (Å²) in [6.07, 6.45) is 0. The zero-order chi connectivity index (χ0) is 17.8. The lowest BCUT2D eigenvalue weighted by Gasteiger charge is -2.12. The Morgan fingerprint density at radius 2 is 1.48 bits per heavy atom. The number of carbonyl (C=O) groups is 2. The molecule has 124 valence electrons. The Hall–Kier alpha value is -3.20. The van der Waals surface area contributed by atoms with Crippen LogP contribution in [-0.4, -0.2) is 11.7 Å². The first-order chi connectivity index (χ1) is 12.1. The van der Waals surface area contributed by atoms with Gasteiger partial charge in [0.15, 0.2) is 5.78 Å². The van der Waals surface area contributed by atoms with Gasteiger partial charge in [-0.15, -0.1) is 0 Å². The molecule has 0 aliphatic heterocycles. The SMILES string of the molecule is CC(=O)c1ccc(NC(=O)c2ccccc2-c2ccccc2)cc1C. The van der Waals surface area contributed by atoms with Gasteiger partial charge in [0, 0.05) is 16.8 Å². The molecule has 0 heterocycles. The molecule has 0 aromatic heterocycles. The highest BCUT2D eigenvalue weighted by Crippen LogP contribution is 2.24. The number of carbonyl (C=O) groups excluding carboxylic acids is 2. The highest BCUT2D eigenvalue weighted by molar-refractivity contribution is 6.09. The van der Waals surface area contributed by atoms with Crippen molar-refractivity contribution in [2.45, 2.75) is 13.8 Å². The van der Waals surface area contributed by atoms with E-state index in [0.717, 1.165) is 16.7 Å². The summed E-state index contributed by atoms with van der Waals surface area (Å²) in [5.41, 5.74) is 4.69. The normalized spacial score (nSPS) is 10.3. The number of Topliss-reactive ketones (excluding diaryl/α,β-unsaturated/α-hetero) is 1. The van der Waals surface area contributed by atoms with Gasteiger partial charge in [-0.2, -0.15) is 0 Å². The number of benzene rings is 3. The van der Waals surface area contributed by atoms with E-state index in [-0.39, 0.29) is 11.7 Å². The number of ketones is 1. The summed E-state index contributed by atoms with van der Waals surface area (Å²) in [5, 5.41) is 2.93. The van der Waals surface area contributed by atoms with Crippen LogP contribution in [0, 0.1) is 6.92 Å². The van der Waals surface area contributed by atoms with Crippen molar-refractivity contribution in [2.75, 3.05) is 5.32 Å². The van der Waals surface area contributed by atoms with Crippen molar-refractivity contribution >= 4 is 17.4 Å². The Morgan fingerprint density at radius 3 is 2.16 bits per heavy atom. The molecule has 0 unspecified atom stereocenters. The average molecular weight is 329 g/mol. The second kappa shape index (κ2) is 7.14. The van der Waals surface area contributed by atoms with E-state index >= 15 is 0 Å². The van der Waals surface area contributed by atoms with Crippen LogP contribution in [0.4, 0.5) is 5.69 Å². The summed E-state index contributed by atoms with van der Waals surface area (Å²) in [7, 11) is 0. The summed E-state index contributed by atoms with van der Waals surface area (Å²) >= 11 is 0. The fraction of sp³-hybridized carbons (Fsp3) is 0.0909. The second-order valence-corrected chi connectivity index (χ2v) is 5.95. The van der Waals surface area contributed by atoms with Crippen LogP contribution in [0.5, 0.6) is 0 Å².